The van der Waals surface area contributed by atoms with Crippen molar-refractivity contribution in [2.45, 2.75) is 58.2 Å². The number of hydrogen-bond acceptors (Lipinski definition) is 28. The number of carbonyl (C=O) groups is 10. The number of alkyl halides is 4. The molecule has 9 amide bonds. The summed E-state index contributed by atoms with van der Waals surface area (Å²) in [4.78, 5) is 115. The van der Waals surface area contributed by atoms with Gasteiger partial charge < -0.3 is 118 Å². The van der Waals surface area contributed by atoms with Crippen LogP contribution < -0.4 is 32.3 Å². The topological polar surface area (TPSA) is 440 Å². The van der Waals surface area contributed by atoms with Gasteiger partial charge >= 0.3 is 18.2 Å². The fraction of sp³-hybridized carbons (Fsp3) is 0.781. The zero-order valence-corrected chi connectivity index (χ0v) is 60.1. The maximum atomic E-state index is 11.8. The number of carboxylic acids is 1. The first kappa shape index (κ1) is 97.4. The Hall–Kier alpha value is -6.58. The molecule has 0 aromatic carbocycles. The lowest BCUT2D eigenvalue weighted by Gasteiger charge is -2.19. The molecule has 2 heterocycles. The van der Waals surface area contributed by atoms with Crippen LogP contribution in [0.25, 0.3) is 0 Å². The highest BCUT2D eigenvalue weighted by Crippen LogP contribution is 2.13. The number of rotatable bonds is 65. The van der Waals surface area contributed by atoms with Crippen molar-refractivity contribution in [3.8, 4) is 0 Å². The average molecular weight is 1520 g/mol. The third-order valence-electron chi connectivity index (χ3n) is 12.0. The highest BCUT2D eigenvalue weighted by atomic mass is 19.4. The number of nitrogens with one attached hydrogen (secondary N) is 5. The van der Waals surface area contributed by atoms with Gasteiger partial charge in [-0.2, -0.15) is 13.2 Å². The minimum Gasteiger partial charge on any atom is -0.475 e. The molecule has 104 heavy (non-hydrogen) atoms. The number of nitrogens with two attached hydrogens (primary N) is 1. The Labute approximate surface area is 605 Å². The predicted octanol–water partition coefficient (Wildman–Crippen LogP) is -1.18. The molecule has 2 aliphatic rings. The van der Waals surface area contributed by atoms with Gasteiger partial charge in [0.15, 0.2) is 0 Å². The maximum absolute atomic E-state index is 11.8. The predicted molar refractivity (Wildman–Crippen MR) is 359 cm³/mol. The van der Waals surface area contributed by atoms with Gasteiger partial charge in [-0.05, 0) is 20.8 Å². The van der Waals surface area contributed by atoms with Crippen LogP contribution >= 0.6 is 0 Å². The van der Waals surface area contributed by atoms with E-state index >= 15 is 0 Å². The number of halogens is 4. The van der Waals surface area contributed by atoms with Gasteiger partial charge in [-0.15, -0.1) is 0 Å². The molecule has 40 heteroatoms. The monoisotopic (exact) mass is 1520 g/mol. The van der Waals surface area contributed by atoms with E-state index in [1.54, 1.807) is 20.8 Å². The minimum atomic E-state index is -5.08. The van der Waals surface area contributed by atoms with Crippen LogP contribution in [0.4, 0.5) is 22.4 Å². The molecular formula is C64H112F4N8O28. The molecule has 0 saturated heterocycles. The molecule has 36 nitrogen and oxygen atoms in total. The Morgan fingerprint density at radius 3 is 0.808 bits per heavy atom. The summed E-state index contributed by atoms with van der Waals surface area (Å²) in [6.45, 7) is 21.0. The van der Waals surface area contributed by atoms with Crippen molar-refractivity contribution in [1.29, 1.82) is 0 Å². The van der Waals surface area contributed by atoms with E-state index in [-0.39, 0.29) is 69.1 Å². The van der Waals surface area contributed by atoms with E-state index in [4.69, 9.17) is 97.5 Å². The lowest BCUT2D eigenvalue weighted by atomic mass is 10.2. The molecule has 0 radical (unpaired) electrons. The fourth-order valence-electron chi connectivity index (χ4n) is 7.11. The second-order valence-electron chi connectivity index (χ2n) is 21.5. The number of nitrogens with zero attached hydrogens (tertiary/aromatic N) is 2. The second-order valence-corrected chi connectivity index (χ2v) is 21.5. The minimum absolute atomic E-state index is 0.0452. The van der Waals surface area contributed by atoms with Crippen molar-refractivity contribution >= 4 is 59.3 Å². The van der Waals surface area contributed by atoms with E-state index in [2.05, 4.69) is 26.6 Å². The number of aliphatic carboxylic acids is 1. The average Bonchev–Trinajstić information content (AvgIpc) is 1.75. The van der Waals surface area contributed by atoms with Crippen molar-refractivity contribution in [3.05, 3.63) is 24.3 Å². The van der Waals surface area contributed by atoms with Crippen LogP contribution in [0.2, 0.25) is 0 Å². The molecule has 0 atom stereocenters. The summed E-state index contributed by atoms with van der Waals surface area (Å²) in [5, 5.41) is 20.4. The summed E-state index contributed by atoms with van der Waals surface area (Å²) >= 11 is 0. The summed E-state index contributed by atoms with van der Waals surface area (Å²) in [5.41, 5.74) is 4.74. The van der Waals surface area contributed by atoms with Crippen molar-refractivity contribution in [3.63, 3.8) is 0 Å². The first-order valence-electron chi connectivity index (χ1n) is 34.4. The number of imide groups is 2. The van der Waals surface area contributed by atoms with Gasteiger partial charge in [-0.25, -0.2) is 9.59 Å². The lowest BCUT2D eigenvalue weighted by molar-refractivity contribution is -0.192. The van der Waals surface area contributed by atoms with Gasteiger partial charge in [0.25, 0.3) is 23.6 Å². The summed E-state index contributed by atoms with van der Waals surface area (Å²) in [7, 11) is -1.00. The van der Waals surface area contributed by atoms with Crippen LogP contribution in [0.15, 0.2) is 24.3 Å². The molecular weight excluding hydrogens is 1400 g/mol. The molecule has 0 fully saturated rings. The molecule has 0 aliphatic carbocycles. The quantitative estimate of drug-likeness (QED) is 0.0214. The number of hydrogen-bond donors (Lipinski definition) is 7. The Morgan fingerprint density at radius 1 is 0.375 bits per heavy atom. The Kier molecular flexibility index (Phi) is 66.2. The molecule has 8 N–H and O–H groups in total. The highest BCUT2D eigenvalue weighted by Gasteiger charge is 2.38. The number of ether oxygens (including phenoxy) is 17. The highest BCUT2D eigenvalue weighted by molar-refractivity contribution is 6.13. The van der Waals surface area contributed by atoms with Crippen molar-refractivity contribution in [2.75, 3.05) is 271 Å². The standard InChI is InChI=1S/C33H58N4O14.C28H50N4O12.C2HF3O2.CH3F/c1-33(2,3)51-32(42)36-9-8-34-29(39)7-12-43-14-16-45-18-20-47-22-24-49-26-27-50-25-23-48-21-19-46-17-15-44-13-10-35-28(38)6-11-37-30(40)4-5-31(37)41;29-5-6-30-26(34)4-9-37-11-13-39-15-17-41-19-21-43-23-24-44-22-20-42-18-16-40-14-12-38-10-7-31-25(33)3-8-32-27(35)1-2-28(32)36;3-2(4,5)1(6)7;1-2/h4-5H,6-27H2,1-3H3,(H,34,39)(H,35,38)(H,36,42);1-2H,3-24,29H2,(H,30,34)(H,31,33);(H,6,7);1H3/i;;;1D. The van der Waals surface area contributed by atoms with Crippen LogP contribution in [0.5, 0.6) is 0 Å². The first-order valence-corrected chi connectivity index (χ1v) is 33.7. The van der Waals surface area contributed by atoms with E-state index < -0.39 is 54.6 Å². The summed E-state index contributed by atoms with van der Waals surface area (Å²) in [5.74, 6) is -5.12. The smallest absolute Gasteiger partial charge is 0.475 e. The van der Waals surface area contributed by atoms with E-state index in [0.29, 0.717) is 244 Å². The second kappa shape index (κ2) is 70.7. The Balaban J connectivity index is 0. The molecule has 0 saturated carbocycles. The Morgan fingerprint density at radius 2 is 0.577 bits per heavy atom. The first-order chi connectivity index (χ1) is 50.5. The molecule has 2 aliphatic heterocycles. The van der Waals surface area contributed by atoms with Crippen LogP contribution in [-0.2, 0) is 124 Å². The normalized spacial score (nSPS) is 12.6. The molecule has 604 valence electrons. The van der Waals surface area contributed by atoms with Gasteiger partial charge in [0.2, 0.25) is 23.6 Å². The van der Waals surface area contributed by atoms with Crippen molar-refractivity contribution < 1.29 is 153 Å². The van der Waals surface area contributed by atoms with E-state index in [9.17, 15) is 60.7 Å². The number of amides is 9. The van der Waals surface area contributed by atoms with Gasteiger partial charge in [-0.3, -0.25) is 52.5 Å². The third kappa shape index (κ3) is 68.5. The van der Waals surface area contributed by atoms with Crippen LogP contribution in [0.1, 0.15) is 47.8 Å². The molecule has 2 rings (SSSR count). The van der Waals surface area contributed by atoms with E-state index in [1.165, 1.54) is 24.3 Å². The van der Waals surface area contributed by atoms with E-state index in [1.807, 2.05) is 0 Å². The van der Waals surface area contributed by atoms with Crippen LogP contribution in [-0.4, -0.2) is 357 Å². The van der Waals surface area contributed by atoms with Crippen molar-refractivity contribution in [1.82, 2.24) is 36.4 Å². The van der Waals surface area contributed by atoms with Crippen LogP contribution in [0.3, 0.4) is 0 Å². The van der Waals surface area contributed by atoms with Gasteiger partial charge in [0.05, 0.1) is 220 Å². The maximum Gasteiger partial charge on any atom is 0.490 e. The SMILES string of the molecule is CC(C)(C)OC(=O)NCCNC(=O)CCOCCOCCOCCOCCOCCOCCOCCOCCNC(=O)CCN1C(=O)C=CC1=O.NCCNC(=O)CCOCCOCCOCCOCCOCCOCCOCCOCCNC(=O)CCN1C(=O)C=CC1=O.O=C(O)C(F)(F)F.[2H]CF. The van der Waals surface area contributed by atoms with Crippen molar-refractivity contribution in [2.24, 2.45) is 5.73 Å². The number of alkyl carbamates (subject to hydrolysis) is 1. The molecule has 0 spiro atoms. The third-order valence-corrected chi connectivity index (χ3v) is 12.0. The lowest BCUT2D eigenvalue weighted by Crippen LogP contribution is -2.38. The molecule has 0 unspecified atom stereocenters. The zero-order chi connectivity index (χ0) is 78.1. The van der Waals surface area contributed by atoms with Gasteiger partial charge in [0.1, 0.15) is 5.60 Å². The van der Waals surface area contributed by atoms with E-state index in [0.717, 1.165) is 9.80 Å². The van der Waals surface area contributed by atoms with Gasteiger partial charge in [-0.1, -0.05) is 0 Å². The fourth-order valence-corrected chi connectivity index (χ4v) is 7.11. The van der Waals surface area contributed by atoms with Gasteiger partial charge in [0, 0.05) is 102 Å². The zero-order valence-electron chi connectivity index (χ0n) is 61.1. The molecule has 0 bridgehead atoms. The van der Waals surface area contributed by atoms with Crippen LogP contribution in [0, 0.1) is 0 Å². The summed E-state index contributed by atoms with van der Waals surface area (Å²) in [6.07, 6.45) is -0.229. The Bertz CT molecular complexity index is 2310. The summed E-state index contributed by atoms with van der Waals surface area (Å²) in [6, 6.07) is 0. The summed E-state index contributed by atoms with van der Waals surface area (Å²) < 4.78 is 139. The molecule has 0 aromatic heterocycles. The number of carboxylic acid groups (broad SMARTS) is 1. The molecule has 0 aromatic rings. The number of carbonyl (C=O) groups excluding carboxylic acids is 9. The largest absolute Gasteiger partial charge is 0.490 e.